The van der Waals surface area contributed by atoms with E-state index in [0.717, 1.165) is 5.65 Å². The van der Waals surface area contributed by atoms with Gasteiger partial charge in [0.2, 0.25) is 0 Å². The Labute approximate surface area is 121 Å². The van der Waals surface area contributed by atoms with Crippen molar-refractivity contribution >= 4 is 17.2 Å². The molecule has 1 unspecified atom stereocenters. The molecule has 0 aliphatic rings. The highest BCUT2D eigenvalue weighted by atomic mass is 16.1. The van der Waals surface area contributed by atoms with Gasteiger partial charge in [-0.15, -0.1) is 10.2 Å². The number of rotatable bonds is 3. The number of nitrogens with two attached hydrogens (primary N) is 1. The van der Waals surface area contributed by atoms with Crippen molar-refractivity contribution in [1.29, 1.82) is 0 Å². The first kappa shape index (κ1) is 13.1. The second kappa shape index (κ2) is 5.24. The Kier molecular flexibility index (Phi) is 3.27. The summed E-state index contributed by atoms with van der Waals surface area (Å²) in [6.07, 6.45) is 1.87. The van der Waals surface area contributed by atoms with Crippen LogP contribution in [0.4, 0.5) is 5.69 Å². The maximum absolute atomic E-state index is 12.2. The van der Waals surface area contributed by atoms with Crippen molar-refractivity contribution in [2.24, 2.45) is 0 Å². The maximum atomic E-state index is 12.2. The molecule has 0 spiro atoms. The average Bonchev–Trinajstić information content (AvgIpc) is 2.91. The van der Waals surface area contributed by atoms with Gasteiger partial charge >= 0.3 is 0 Å². The van der Waals surface area contributed by atoms with Crippen LogP contribution in [0.1, 0.15) is 29.1 Å². The third kappa shape index (κ3) is 2.55. The summed E-state index contributed by atoms with van der Waals surface area (Å²) in [5.74, 6) is 0.491. The molecular weight excluding hydrogens is 266 g/mol. The lowest BCUT2D eigenvalue weighted by atomic mass is 10.2. The summed E-state index contributed by atoms with van der Waals surface area (Å²) in [5.41, 5.74) is 7.52. The van der Waals surface area contributed by atoms with Crippen LogP contribution in [-0.4, -0.2) is 20.5 Å². The van der Waals surface area contributed by atoms with Crippen LogP contribution in [0.15, 0.2) is 48.7 Å². The van der Waals surface area contributed by atoms with E-state index in [1.54, 1.807) is 24.3 Å². The summed E-state index contributed by atoms with van der Waals surface area (Å²) in [5, 5.41) is 11.1. The standard InChI is InChI=1S/C15H15N5O/c1-10(14-19-18-13-7-2-3-8-20(13)14)17-15(21)11-5-4-6-12(16)9-11/h2-10H,16H2,1H3,(H,17,21). The summed E-state index contributed by atoms with van der Waals surface area (Å²) in [6.45, 7) is 1.87. The van der Waals surface area contributed by atoms with Gasteiger partial charge in [0.15, 0.2) is 11.5 Å². The molecular formula is C15H15N5O. The summed E-state index contributed by atoms with van der Waals surface area (Å²) in [4.78, 5) is 12.2. The predicted molar refractivity (Wildman–Crippen MR) is 79.7 cm³/mol. The third-order valence-corrected chi connectivity index (χ3v) is 3.22. The lowest BCUT2D eigenvalue weighted by molar-refractivity contribution is 0.0938. The largest absolute Gasteiger partial charge is 0.399 e. The summed E-state index contributed by atoms with van der Waals surface area (Å²) >= 11 is 0. The van der Waals surface area contributed by atoms with Crippen molar-refractivity contribution in [3.63, 3.8) is 0 Å². The quantitative estimate of drug-likeness (QED) is 0.717. The number of carbonyl (C=O) groups is 1. The Hall–Kier alpha value is -2.89. The van der Waals surface area contributed by atoms with Gasteiger partial charge < -0.3 is 11.1 Å². The van der Waals surface area contributed by atoms with Gasteiger partial charge in [0.1, 0.15) is 0 Å². The van der Waals surface area contributed by atoms with Crippen molar-refractivity contribution in [3.05, 3.63) is 60.0 Å². The highest BCUT2D eigenvalue weighted by Gasteiger charge is 2.16. The molecule has 0 aliphatic heterocycles. The van der Waals surface area contributed by atoms with Gasteiger partial charge in [-0.2, -0.15) is 0 Å². The Balaban J connectivity index is 1.83. The second-order valence-corrected chi connectivity index (χ2v) is 4.81. The van der Waals surface area contributed by atoms with Gasteiger partial charge in [-0.05, 0) is 37.3 Å². The van der Waals surface area contributed by atoms with Gasteiger partial charge in [-0.25, -0.2) is 0 Å². The molecule has 1 amide bonds. The first-order chi connectivity index (χ1) is 10.1. The zero-order valence-corrected chi connectivity index (χ0v) is 11.5. The summed E-state index contributed by atoms with van der Waals surface area (Å²) < 4.78 is 1.85. The molecule has 3 N–H and O–H groups in total. The molecule has 0 fully saturated rings. The molecule has 3 aromatic rings. The molecule has 2 aromatic heterocycles. The number of hydrogen-bond donors (Lipinski definition) is 2. The van der Waals surface area contributed by atoms with Crippen LogP contribution >= 0.6 is 0 Å². The number of hydrogen-bond acceptors (Lipinski definition) is 4. The van der Waals surface area contributed by atoms with E-state index in [-0.39, 0.29) is 11.9 Å². The number of nitrogens with zero attached hydrogens (tertiary/aromatic N) is 3. The van der Waals surface area contributed by atoms with Crippen LogP contribution in [-0.2, 0) is 0 Å². The Morgan fingerprint density at radius 3 is 2.90 bits per heavy atom. The van der Waals surface area contributed by atoms with Crippen molar-refractivity contribution in [2.75, 3.05) is 5.73 Å². The highest BCUT2D eigenvalue weighted by molar-refractivity contribution is 5.95. The van der Waals surface area contributed by atoms with Gasteiger partial charge in [0, 0.05) is 17.4 Å². The smallest absolute Gasteiger partial charge is 0.251 e. The number of nitrogen functional groups attached to an aromatic ring is 1. The third-order valence-electron chi connectivity index (χ3n) is 3.22. The van der Waals surface area contributed by atoms with E-state index in [1.807, 2.05) is 35.7 Å². The Bertz CT molecular complexity index is 795. The van der Waals surface area contributed by atoms with Crippen molar-refractivity contribution in [1.82, 2.24) is 19.9 Å². The molecule has 3 rings (SSSR count). The van der Waals surface area contributed by atoms with E-state index in [4.69, 9.17) is 5.73 Å². The van der Waals surface area contributed by atoms with E-state index >= 15 is 0 Å². The van der Waals surface area contributed by atoms with Crippen LogP contribution in [0.25, 0.3) is 5.65 Å². The minimum absolute atomic E-state index is 0.192. The number of benzene rings is 1. The SMILES string of the molecule is CC(NC(=O)c1cccc(N)c1)c1nnc2ccccn12. The molecule has 0 bridgehead atoms. The number of pyridine rings is 1. The number of aromatic nitrogens is 3. The van der Waals surface area contributed by atoms with Crippen LogP contribution < -0.4 is 11.1 Å². The van der Waals surface area contributed by atoms with E-state index in [9.17, 15) is 4.79 Å². The van der Waals surface area contributed by atoms with E-state index < -0.39 is 0 Å². The topological polar surface area (TPSA) is 85.3 Å². The second-order valence-electron chi connectivity index (χ2n) is 4.81. The number of carbonyl (C=O) groups excluding carboxylic acids is 1. The minimum Gasteiger partial charge on any atom is -0.399 e. The van der Waals surface area contributed by atoms with Crippen molar-refractivity contribution in [3.8, 4) is 0 Å². The molecule has 106 valence electrons. The van der Waals surface area contributed by atoms with E-state index in [0.29, 0.717) is 17.1 Å². The molecule has 0 saturated carbocycles. The minimum atomic E-state index is -0.267. The molecule has 1 aromatic carbocycles. The van der Waals surface area contributed by atoms with Crippen molar-refractivity contribution < 1.29 is 4.79 Å². The van der Waals surface area contributed by atoms with Gasteiger partial charge in [0.05, 0.1) is 6.04 Å². The van der Waals surface area contributed by atoms with Crippen LogP contribution in [0.3, 0.4) is 0 Å². The normalized spacial score (nSPS) is 12.2. The fraction of sp³-hybridized carbons (Fsp3) is 0.133. The van der Waals surface area contributed by atoms with Crippen LogP contribution in [0, 0.1) is 0 Å². The zero-order chi connectivity index (χ0) is 14.8. The van der Waals surface area contributed by atoms with E-state index in [2.05, 4.69) is 15.5 Å². The maximum Gasteiger partial charge on any atom is 0.251 e. The lowest BCUT2D eigenvalue weighted by Crippen LogP contribution is -2.28. The van der Waals surface area contributed by atoms with Gasteiger partial charge in [0.25, 0.3) is 5.91 Å². The van der Waals surface area contributed by atoms with Crippen LogP contribution in [0.2, 0.25) is 0 Å². The molecule has 21 heavy (non-hydrogen) atoms. The van der Waals surface area contributed by atoms with Crippen molar-refractivity contribution in [2.45, 2.75) is 13.0 Å². The average molecular weight is 281 g/mol. The fourth-order valence-electron chi connectivity index (χ4n) is 2.18. The number of amides is 1. The monoisotopic (exact) mass is 281 g/mol. The predicted octanol–water partition coefficient (Wildman–Crippen LogP) is 1.80. The molecule has 2 heterocycles. The Morgan fingerprint density at radius 1 is 1.24 bits per heavy atom. The summed E-state index contributed by atoms with van der Waals surface area (Å²) in [7, 11) is 0. The van der Waals surface area contributed by atoms with Gasteiger partial charge in [-0.1, -0.05) is 12.1 Å². The highest BCUT2D eigenvalue weighted by Crippen LogP contribution is 2.13. The molecule has 6 nitrogen and oxygen atoms in total. The lowest BCUT2D eigenvalue weighted by Gasteiger charge is -2.12. The molecule has 1 atom stereocenters. The van der Waals surface area contributed by atoms with E-state index in [1.165, 1.54) is 0 Å². The first-order valence-corrected chi connectivity index (χ1v) is 6.61. The molecule has 0 saturated heterocycles. The zero-order valence-electron chi connectivity index (χ0n) is 11.5. The molecule has 0 aliphatic carbocycles. The van der Waals surface area contributed by atoms with Crippen LogP contribution in [0.5, 0.6) is 0 Å². The molecule has 6 heteroatoms. The number of fused-ring (bicyclic) bond motifs is 1. The summed E-state index contributed by atoms with van der Waals surface area (Å²) in [6, 6.07) is 12.2. The Morgan fingerprint density at radius 2 is 2.10 bits per heavy atom. The fourth-order valence-corrected chi connectivity index (χ4v) is 2.18. The number of nitrogens with one attached hydrogen (secondary N) is 1. The first-order valence-electron chi connectivity index (χ1n) is 6.61. The molecule has 0 radical (unpaired) electrons. The number of anilines is 1. The van der Waals surface area contributed by atoms with Gasteiger partial charge in [-0.3, -0.25) is 9.20 Å².